The van der Waals surface area contributed by atoms with Crippen LogP contribution in [-0.4, -0.2) is 22.8 Å². The summed E-state index contributed by atoms with van der Waals surface area (Å²) in [4.78, 5) is 1.95. The van der Waals surface area contributed by atoms with Gasteiger partial charge in [-0.1, -0.05) is 5.10 Å². The molecule has 0 radical (unpaired) electrons. The summed E-state index contributed by atoms with van der Waals surface area (Å²) in [5.74, 6) is 0.613. The molecule has 2 heterocycles. The van der Waals surface area contributed by atoms with Crippen LogP contribution in [0.2, 0.25) is 0 Å². The van der Waals surface area contributed by atoms with E-state index in [0.29, 0.717) is 18.5 Å². The molecule has 0 fully saturated rings. The first-order chi connectivity index (χ1) is 8.94. The Morgan fingerprint density at radius 3 is 2.79 bits per heavy atom. The highest BCUT2D eigenvalue weighted by Gasteiger charge is 2.14. The Bertz CT molecular complexity index is 501. The lowest BCUT2D eigenvalue weighted by Crippen LogP contribution is -2.35. The fourth-order valence-corrected chi connectivity index (χ4v) is 2.20. The van der Waals surface area contributed by atoms with Crippen LogP contribution in [0.25, 0.3) is 0 Å². The van der Waals surface area contributed by atoms with Crippen molar-refractivity contribution in [1.29, 1.82) is 0 Å². The molecule has 0 amide bonds. The number of aromatic nitrogens is 2. The molecule has 0 saturated heterocycles. The van der Waals surface area contributed by atoms with Crippen molar-refractivity contribution in [2.45, 2.75) is 39.4 Å². The van der Waals surface area contributed by atoms with Gasteiger partial charge in [0.1, 0.15) is 0 Å². The molecule has 1 N–H and O–H groups in total. The molecule has 0 bridgehead atoms. The number of nitrogens with zero attached hydrogens (tertiary/aromatic N) is 3. The molecule has 0 aliphatic rings. The zero-order chi connectivity index (χ0) is 13.9. The first kappa shape index (κ1) is 14.0. The van der Waals surface area contributed by atoms with Crippen LogP contribution in [0.1, 0.15) is 32.2 Å². The number of nitrogens with one attached hydrogen (secondary N) is 1. The van der Waals surface area contributed by atoms with Crippen LogP contribution in [0.3, 0.4) is 0 Å². The van der Waals surface area contributed by atoms with Gasteiger partial charge in [0, 0.05) is 19.1 Å². The highest BCUT2D eigenvalue weighted by atomic mass is 32.1. The first-order valence-electron chi connectivity index (χ1n) is 6.24. The van der Waals surface area contributed by atoms with Gasteiger partial charge in [0.05, 0.1) is 6.54 Å². The highest BCUT2D eigenvalue weighted by molar-refractivity contribution is 7.07. The van der Waals surface area contributed by atoms with E-state index >= 15 is 0 Å². The third-order valence-electron chi connectivity index (χ3n) is 2.55. The van der Waals surface area contributed by atoms with E-state index in [1.54, 1.807) is 11.3 Å². The lowest BCUT2D eigenvalue weighted by molar-refractivity contribution is 0.381. The molecule has 0 aliphatic heterocycles. The van der Waals surface area contributed by atoms with Crippen molar-refractivity contribution in [2.75, 3.05) is 11.9 Å². The van der Waals surface area contributed by atoms with Gasteiger partial charge in [-0.3, -0.25) is 0 Å². The van der Waals surface area contributed by atoms with Crippen molar-refractivity contribution in [3.8, 4) is 0 Å². The van der Waals surface area contributed by atoms with Gasteiger partial charge in [0.15, 0.2) is 0 Å². The van der Waals surface area contributed by atoms with Crippen LogP contribution in [0.5, 0.6) is 0 Å². The maximum absolute atomic E-state index is 5.63. The third-order valence-corrected chi connectivity index (χ3v) is 3.28. The molecule has 0 atom stereocenters. The lowest BCUT2D eigenvalue weighted by Gasteiger charge is -2.18. The second kappa shape index (κ2) is 5.71. The van der Waals surface area contributed by atoms with E-state index < -0.39 is 0 Å². The fourth-order valence-electron chi connectivity index (χ4n) is 1.54. The maximum Gasteiger partial charge on any atom is 0.318 e. The summed E-state index contributed by atoms with van der Waals surface area (Å²) >= 11 is 1.69. The molecule has 0 aromatic carbocycles. The second-order valence-electron chi connectivity index (χ2n) is 5.57. The smallest absolute Gasteiger partial charge is 0.318 e. The quantitative estimate of drug-likeness (QED) is 0.912. The number of hydrogen-bond donors (Lipinski definition) is 1. The monoisotopic (exact) mass is 280 g/mol. The summed E-state index contributed by atoms with van der Waals surface area (Å²) in [5, 5.41) is 15.6. The zero-order valence-electron chi connectivity index (χ0n) is 11.8. The molecule has 19 heavy (non-hydrogen) atoms. The summed E-state index contributed by atoms with van der Waals surface area (Å²) in [7, 11) is 1.95. The van der Waals surface area contributed by atoms with Crippen LogP contribution in [0.15, 0.2) is 21.2 Å². The maximum atomic E-state index is 5.63. The number of hydrogen-bond acceptors (Lipinski definition) is 6. The first-order valence-corrected chi connectivity index (χ1v) is 7.18. The van der Waals surface area contributed by atoms with Crippen LogP contribution in [0, 0.1) is 0 Å². The van der Waals surface area contributed by atoms with E-state index in [1.165, 1.54) is 5.56 Å². The highest BCUT2D eigenvalue weighted by Crippen LogP contribution is 2.15. The van der Waals surface area contributed by atoms with Gasteiger partial charge in [0.25, 0.3) is 0 Å². The summed E-state index contributed by atoms with van der Waals surface area (Å²) in [5.41, 5.74) is 1.29. The molecule has 6 heteroatoms. The minimum atomic E-state index is 0.0389. The molecule has 104 valence electrons. The zero-order valence-corrected chi connectivity index (χ0v) is 12.6. The summed E-state index contributed by atoms with van der Waals surface area (Å²) in [6.45, 7) is 7.67. The van der Waals surface area contributed by atoms with Crippen LogP contribution < -0.4 is 10.2 Å². The fraction of sp³-hybridized carbons (Fsp3) is 0.538. The SMILES string of the molecule is CN(Cc1ccsc1)c1nnc(CNC(C)(C)C)o1. The van der Waals surface area contributed by atoms with Gasteiger partial charge in [-0.05, 0) is 43.2 Å². The predicted molar refractivity (Wildman–Crippen MR) is 77.3 cm³/mol. The number of anilines is 1. The second-order valence-corrected chi connectivity index (χ2v) is 6.35. The van der Waals surface area contributed by atoms with E-state index in [1.807, 2.05) is 11.9 Å². The summed E-state index contributed by atoms with van der Waals surface area (Å²) < 4.78 is 5.63. The largest absolute Gasteiger partial charge is 0.407 e. The Morgan fingerprint density at radius 1 is 1.37 bits per heavy atom. The molecule has 5 nitrogen and oxygen atoms in total. The van der Waals surface area contributed by atoms with Gasteiger partial charge < -0.3 is 14.6 Å². The minimum Gasteiger partial charge on any atom is -0.407 e. The van der Waals surface area contributed by atoms with Crippen LogP contribution >= 0.6 is 11.3 Å². The summed E-state index contributed by atoms with van der Waals surface area (Å²) in [6, 6.07) is 2.65. The van der Waals surface area contributed by atoms with E-state index in [2.05, 4.69) is 53.1 Å². The Balaban J connectivity index is 1.92. The molecule has 2 rings (SSSR count). The van der Waals surface area contributed by atoms with Crippen LogP contribution in [-0.2, 0) is 13.1 Å². The Labute approximate surface area is 117 Å². The third kappa shape index (κ3) is 4.33. The van der Waals surface area contributed by atoms with Gasteiger partial charge in [-0.2, -0.15) is 11.3 Å². The molecular formula is C13H20N4OS. The topological polar surface area (TPSA) is 54.2 Å². The standard InChI is InChI=1S/C13H20N4OS/c1-13(2,3)14-7-11-15-16-12(18-11)17(4)8-10-5-6-19-9-10/h5-6,9,14H,7-8H2,1-4H3. The van der Waals surface area contributed by atoms with Crippen LogP contribution in [0.4, 0.5) is 6.01 Å². The average molecular weight is 280 g/mol. The normalized spacial score (nSPS) is 11.8. The molecular weight excluding hydrogens is 260 g/mol. The Morgan fingerprint density at radius 2 is 2.16 bits per heavy atom. The molecule has 0 saturated carbocycles. The Kier molecular flexibility index (Phi) is 4.21. The predicted octanol–water partition coefficient (Wildman–Crippen LogP) is 2.66. The van der Waals surface area contributed by atoms with Crippen molar-refractivity contribution in [1.82, 2.24) is 15.5 Å². The van der Waals surface area contributed by atoms with Gasteiger partial charge in [-0.15, -0.1) is 5.10 Å². The minimum absolute atomic E-state index is 0.0389. The summed E-state index contributed by atoms with van der Waals surface area (Å²) in [6.07, 6.45) is 0. The average Bonchev–Trinajstić information content (AvgIpc) is 2.95. The molecule has 0 spiro atoms. The molecule has 0 unspecified atom stereocenters. The van der Waals surface area contributed by atoms with Gasteiger partial charge in [0.2, 0.25) is 5.89 Å². The molecule has 2 aromatic heterocycles. The number of thiophene rings is 1. The van der Waals surface area contributed by atoms with Crippen molar-refractivity contribution in [3.05, 3.63) is 28.3 Å². The van der Waals surface area contributed by atoms with E-state index in [-0.39, 0.29) is 5.54 Å². The van der Waals surface area contributed by atoms with E-state index in [4.69, 9.17) is 4.42 Å². The van der Waals surface area contributed by atoms with Gasteiger partial charge >= 0.3 is 6.01 Å². The van der Waals surface area contributed by atoms with Crippen molar-refractivity contribution >= 4 is 17.4 Å². The van der Waals surface area contributed by atoms with Gasteiger partial charge in [-0.25, -0.2) is 0 Å². The molecule has 0 aliphatic carbocycles. The van der Waals surface area contributed by atoms with Crippen molar-refractivity contribution in [3.63, 3.8) is 0 Å². The van der Waals surface area contributed by atoms with Crippen molar-refractivity contribution < 1.29 is 4.42 Å². The lowest BCUT2D eigenvalue weighted by atomic mass is 10.1. The van der Waals surface area contributed by atoms with E-state index in [9.17, 15) is 0 Å². The molecule has 2 aromatic rings. The Hall–Kier alpha value is -1.40. The van der Waals surface area contributed by atoms with Crippen molar-refractivity contribution in [2.24, 2.45) is 0 Å². The number of rotatable bonds is 5. The van der Waals surface area contributed by atoms with E-state index in [0.717, 1.165) is 6.54 Å².